The van der Waals surface area contributed by atoms with E-state index in [1.165, 1.54) is 6.92 Å². The van der Waals surface area contributed by atoms with Crippen LogP contribution in [-0.4, -0.2) is 69.1 Å². The van der Waals surface area contributed by atoms with Crippen molar-refractivity contribution in [1.82, 2.24) is 5.32 Å². The van der Waals surface area contributed by atoms with Crippen molar-refractivity contribution in [3.8, 4) is 0 Å². The summed E-state index contributed by atoms with van der Waals surface area (Å²) >= 11 is 0. The number of nitrogens with one attached hydrogen (secondary N) is 1. The normalized spacial score (nSPS) is 38.2. The van der Waals surface area contributed by atoms with Crippen LogP contribution in [0.3, 0.4) is 0 Å². The standard InChI is InChI=1S/C28H37NO9/c1-15(25(35)36)29-22(33)6-7-23(34)38-14-21(32)28(37)11-9-19-18-5-4-16-12-17(30)8-10-26(16,2)24(18)20(31)13-27(19,28)3/h8,10,12,15,18-20,24,31,37H,4-7,9,11,13-14H2,1-3H3,(H,29,33)(H,35,36)/t15-,18+,19+,20-,24-,26+,27+,28-/m1/s1. The van der Waals surface area contributed by atoms with E-state index in [9.17, 15) is 34.2 Å². The number of aliphatic hydroxyl groups is 2. The number of carboxylic acids is 1. The van der Waals surface area contributed by atoms with Crippen molar-refractivity contribution in [2.24, 2.45) is 28.6 Å². The lowest BCUT2D eigenvalue weighted by atomic mass is 9.46. The number of ketones is 2. The minimum atomic E-state index is -1.77. The smallest absolute Gasteiger partial charge is 0.325 e. The van der Waals surface area contributed by atoms with Crippen molar-refractivity contribution < 1.29 is 44.0 Å². The second-order valence-corrected chi connectivity index (χ2v) is 11.8. The molecule has 10 nitrogen and oxygen atoms in total. The number of esters is 1. The van der Waals surface area contributed by atoms with Gasteiger partial charge in [-0.25, -0.2) is 0 Å². The molecule has 4 aliphatic carbocycles. The number of rotatable bonds is 8. The first-order chi connectivity index (χ1) is 17.7. The van der Waals surface area contributed by atoms with Crippen LogP contribution in [0.4, 0.5) is 0 Å². The zero-order chi connectivity index (χ0) is 28.0. The SMILES string of the molecule is C[C@@H](NC(=O)CCC(=O)OCC(=O)[C@]1(O)CC[C@H]2[C@@H]3CCC4=CC(=O)C=C[C@]4(C)[C@H]3[C@H](O)C[C@@]21C)C(=O)O. The van der Waals surface area contributed by atoms with Crippen molar-refractivity contribution in [3.05, 3.63) is 23.8 Å². The van der Waals surface area contributed by atoms with Crippen molar-refractivity contribution in [2.45, 2.75) is 83.5 Å². The Kier molecular flexibility index (Phi) is 7.44. The van der Waals surface area contributed by atoms with Crippen molar-refractivity contribution >= 4 is 29.4 Å². The fourth-order valence-corrected chi connectivity index (χ4v) is 7.72. The number of carbonyl (C=O) groups is 5. The fraction of sp³-hybridized carbons (Fsp3) is 0.679. The summed E-state index contributed by atoms with van der Waals surface area (Å²) in [6.07, 6.45) is 6.20. The van der Waals surface area contributed by atoms with Crippen LogP contribution in [0.1, 0.15) is 65.7 Å². The lowest BCUT2D eigenvalue weighted by molar-refractivity contribution is -0.181. The van der Waals surface area contributed by atoms with Crippen LogP contribution in [-0.2, 0) is 28.7 Å². The number of hydrogen-bond donors (Lipinski definition) is 4. The molecule has 8 atom stereocenters. The molecule has 0 aromatic rings. The number of hydrogen-bond acceptors (Lipinski definition) is 8. The molecule has 0 aromatic heterocycles. The van der Waals surface area contributed by atoms with Gasteiger partial charge in [-0.05, 0) is 63.0 Å². The van der Waals surface area contributed by atoms with E-state index in [4.69, 9.17) is 9.84 Å². The Morgan fingerprint density at radius 2 is 1.89 bits per heavy atom. The Labute approximate surface area is 221 Å². The molecule has 0 aromatic carbocycles. The molecule has 0 heterocycles. The monoisotopic (exact) mass is 531 g/mol. The lowest BCUT2D eigenvalue weighted by Crippen LogP contribution is -2.61. The number of allylic oxidation sites excluding steroid dienone is 4. The maximum atomic E-state index is 13.3. The van der Waals surface area contributed by atoms with Gasteiger partial charge in [-0.2, -0.15) is 0 Å². The van der Waals surface area contributed by atoms with Gasteiger partial charge in [-0.1, -0.05) is 25.5 Å². The van der Waals surface area contributed by atoms with Crippen LogP contribution in [0.15, 0.2) is 23.8 Å². The Morgan fingerprint density at radius 1 is 1.18 bits per heavy atom. The lowest BCUT2D eigenvalue weighted by Gasteiger charge is -2.59. The summed E-state index contributed by atoms with van der Waals surface area (Å²) in [6, 6.07) is -1.10. The molecule has 0 saturated heterocycles. The number of carbonyl (C=O) groups excluding carboxylic acids is 4. The molecule has 3 fully saturated rings. The molecule has 0 radical (unpaired) electrons. The molecule has 4 rings (SSSR count). The van der Waals surface area contributed by atoms with Crippen LogP contribution in [0.2, 0.25) is 0 Å². The predicted molar refractivity (Wildman–Crippen MR) is 133 cm³/mol. The molecule has 38 heavy (non-hydrogen) atoms. The van der Waals surface area contributed by atoms with Gasteiger partial charge in [0.15, 0.2) is 12.4 Å². The van der Waals surface area contributed by atoms with Crippen LogP contribution < -0.4 is 5.32 Å². The number of ether oxygens (including phenoxy) is 1. The Bertz CT molecular complexity index is 1110. The van der Waals surface area contributed by atoms with Gasteiger partial charge in [-0.3, -0.25) is 24.0 Å². The highest BCUT2D eigenvalue weighted by atomic mass is 16.5. The van der Waals surface area contributed by atoms with E-state index in [2.05, 4.69) is 12.2 Å². The van der Waals surface area contributed by atoms with E-state index < -0.39 is 58.8 Å². The van der Waals surface area contributed by atoms with E-state index in [1.54, 1.807) is 12.2 Å². The molecule has 0 aliphatic heterocycles. The van der Waals surface area contributed by atoms with Gasteiger partial charge >= 0.3 is 11.9 Å². The second-order valence-electron chi connectivity index (χ2n) is 11.8. The summed E-state index contributed by atoms with van der Waals surface area (Å²) in [7, 11) is 0. The number of amides is 1. The first kappa shape index (κ1) is 28.2. The van der Waals surface area contributed by atoms with Gasteiger partial charge in [0.05, 0.1) is 12.5 Å². The maximum absolute atomic E-state index is 13.3. The highest BCUT2D eigenvalue weighted by Gasteiger charge is 2.68. The highest BCUT2D eigenvalue weighted by Crippen LogP contribution is 2.67. The summed E-state index contributed by atoms with van der Waals surface area (Å²) in [4.78, 5) is 60.0. The van der Waals surface area contributed by atoms with E-state index in [0.717, 1.165) is 18.4 Å². The minimum absolute atomic E-state index is 0.0233. The van der Waals surface area contributed by atoms with Gasteiger partial charge in [0, 0.05) is 23.2 Å². The number of aliphatic carboxylic acids is 1. The molecule has 4 aliphatic rings. The summed E-state index contributed by atoms with van der Waals surface area (Å²) in [5.74, 6) is -3.41. The van der Waals surface area contributed by atoms with E-state index in [-0.39, 0.29) is 49.2 Å². The average molecular weight is 532 g/mol. The molecule has 3 saturated carbocycles. The van der Waals surface area contributed by atoms with E-state index in [0.29, 0.717) is 6.42 Å². The highest BCUT2D eigenvalue weighted by molar-refractivity contribution is 6.01. The Morgan fingerprint density at radius 3 is 2.58 bits per heavy atom. The Hall–Kier alpha value is -2.85. The summed E-state index contributed by atoms with van der Waals surface area (Å²) in [5, 5.41) is 34.2. The van der Waals surface area contributed by atoms with Crippen molar-refractivity contribution in [3.63, 3.8) is 0 Å². The number of aliphatic hydroxyl groups excluding tert-OH is 1. The van der Waals surface area contributed by atoms with Gasteiger partial charge in [0.1, 0.15) is 11.6 Å². The molecular formula is C28H37NO9. The summed E-state index contributed by atoms with van der Waals surface area (Å²) in [6.45, 7) is 4.54. The van der Waals surface area contributed by atoms with Crippen molar-refractivity contribution in [2.75, 3.05) is 6.61 Å². The molecule has 10 heteroatoms. The third-order valence-corrected chi connectivity index (χ3v) is 9.78. The molecule has 4 N–H and O–H groups in total. The quantitative estimate of drug-likeness (QED) is 0.339. The van der Waals surface area contributed by atoms with E-state index in [1.807, 2.05) is 13.0 Å². The van der Waals surface area contributed by atoms with Crippen molar-refractivity contribution in [1.29, 1.82) is 0 Å². The third kappa shape index (κ3) is 4.62. The second kappa shape index (κ2) is 10.0. The maximum Gasteiger partial charge on any atom is 0.325 e. The molecule has 0 spiro atoms. The van der Waals surface area contributed by atoms with Crippen LogP contribution in [0.5, 0.6) is 0 Å². The van der Waals surface area contributed by atoms with Gasteiger partial charge < -0.3 is 25.4 Å². The molecule has 1 amide bonds. The summed E-state index contributed by atoms with van der Waals surface area (Å²) in [5.41, 5.74) is -2.10. The van der Waals surface area contributed by atoms with Gasteiger partial charge in [-0.15, -0.1) is 0 Å². The number of carboxylic acid groups (broad SMARTS) is 1. The zero-order valence-corrected chi connectivity index (χ0v) is 22.1. The number of fused-ring (bicyclic) bond motifs is 5. The molecule has 0 unspecified atom stereocenters. The van der Waals surface area contributed by atoms with E-state index >= 15 is 0 Å². The third-order valence-electron chi connectivity index (χ3n) is 9.78. The minimum Gasteiger partial charge on any atom is -0.480 e. The summed E-state index contributed by atoms with van der Waals surface area (Å²) < 4.78 is 5.08. The first-order valence-corrected chi connectivity index (χ1v) is 13.3. The average Bonchev–Trinajstić information content (AvgIpc) is 3.12. The largest absolute Gasteiger partial charge is 0.480 e. The van der Waals surface area contributed by atoms with Gasteiger partial charge in [0.2, 0.25) is 11.7 Å². The van der Waals surface area contributed by atoms with Crippen LogP contribution in [0, 0.1) is 28.6 Å². The molecular weight excluding hydrogens is 494 g/mol. The zero-order valence-electron chi connectivity index (χ0n) is 22.1. The van der Waals surface area contributed by atoms with Gasteiger partial charge in [0.25, 0.3) is 0 Å². The molecule has 208 valence electrons. The first-order valence-electron chi connectivity index (χ1n) is 13.3. The van der Waals surface area contributed by atoms with Crippen LogP contribution >= 0.6 is 0 Å². The fourth-order valence-electron chi connectivity index (χ4n) is 7.72. The van der Waals surface area contributed by atoms with Crippen LogP contribution in [0.25, 0.3) is 0 Å². The predicted octanol–water partition coefficient (Wildman–Crippen LogP) is 1.48. The topological polar surface area (TPSA) is 167 Å². The number of Topliss-reactive ketones (excluding diaryl/α,β-unsaturated/α-hetero) is 1. The Balaban J connectivity index is 1.40. The molecule has 0 bridgehead atoms.